The average molecular weight is 197 g/mol. The number of carbonyl (C=O) groups is 2. The monoisotopic (exact) mass is 197 g/mol. The van der Waals surface area contributed by atoms with E-state index in [0.29, 0.717) is 0 Å². The number of hydrogen-bond donors (Lipinski definition) is 1. The number of amides is 2. The second-order valence-electron chi connectivity index (χ2n) is 2.90. The minimum absolute atomic E-state index is 0.130. The van der Waals surface area contributed by atoms with Gasteiger partial charge in [0, 0.05) is 14.1 Å². The van der Waals surface area contributed by atoms with Crippen molar-refractivity contribution in [2.75, 3.05) is 13.6 Å². The number of hydrogen-bond acceptors (Lipinski definition) is 4. The molecule has 1 rings (SSSR count). The van der Waals surface area contributed by atoms with Crippen molar-refractivity contribution in [2.24, 2.45) is 12.8 Å². The van der Waals surface area contributed by atoms with Crippen molar-refractivity contribution in [1.29, 1.82) is 0 Å². The lowest BCUT2D eigenvalue weighted by Gasteiger charge is -2.12. The summed E-state index contributed by atoms with van der Waals surface area (Å²) >= 11 is 0. The highest BCUT2D eigenvalue weighted by molar-refractivity contribution is 5.94. The van der Waals surface area contributed by atoms with Crippen LogP contribution in [0.5, 0.6) is 0 Å². The molecule has 1 aromatic heterocycles. The Morgan fingerprint density at radius 3 is 2.71 bits per heavy atom. The van der Waals surface area contributed by atoms with Crippen LogP contribution in [0, 0.1) is 0 Å². The lowest BCUT2D eigenvalue weighted by atomic mass is 10.4. The van der Waals surface area contributed by atoms with Crippen LogP contribution in [0.2, 0.25) is 0 Å². The lowest BCUT2D eigenvalue weighted by Crippen LogP contribution is -2.35. The highest BCUT2D eigenvalue weighted by atomic mass is 16.2. The standard InChI is InChI=1S/C7H11N5O2/c1-11(4-6(8)13)7(14)5-3-12(2)10-9-5/h3H,4H2,1-2H3,(H2,8,13). The van der Waals surface area contributed by atoms with Crippen LogP contribution in [0.4, 0.5) is 0 Å². The summed E-state index contributed by atoms with van der Waals surface area (Å²) in [4.78, 5) is 23.2. The topological polar surface area (TPSA) is 94.1 Å². The first kappa shape index (κ1) is 10.2. The molecule has 7 nitrogen and oxygen atoms in total. The van der Waals surface area contributed by atoms with E-state index in [1.807, 2.05) is 0 Å². The Kier molecular flexibility index (Phi) is 2.80. The van der Waals surface area contributed by atoms with Gasteiger partial charge in [-0.1, -0.05) is 5.21 Å². The number of nitrogens with two attached hydrogens (primary N) is 1. The molecule has 0 bridgehead atoms. The molecule has 0 fully saturated rings. The van der Waals surface area contributed by atoms with Gasteiger partial charge in [0.05, 0.1) is 12.7 Å². The molecule has 0 aromatic carbocycles. The molecular weight excluding hydrogens is 186 g/mol. The summed E-state index contributed by atoms with van der Waals surface area (Å²) in [6, 6.07) is 0. The van der Waals surface area contributed by atoms with E-state index >= 15 is 0 Å². The van der Waals surface area contributed by atoms with Crippen molar-refractivity contribution in [3.8, 4) is 0 Å². The van der Waals surface area contributed by atoms with Gasteiger partial charge in [0.25, 0.3) is 5.91 Å². The Balaban J connectivity index is 2.70. The van der Waals surface area contributed by atoms with Gasteiger partial charge in [0.15, 0.2) is 5.69 Å². The fraction of sp³-hybridized carbons (Fsp3) is 0.429. The van der Waals surface area contributed by atoms with Crippen LogP contribution in [0.1, 0.15) is 10.5 Å². The molecule has 7 heteroatoms. The highest BCUT2D eigenvalue weighted by Gasteiger charge is 2.16. The van der Waals surface area contributed by atoms with E-state index in [2.05, 4.69) is 10.3 Å². The van der Waals surface area contributed by atoms with Crippen molar-refractivity contribution < 1.29 is 9.59 Å². The second-order valence-corrected chi connectivity index (χ2v) is 2.90. The Hall–Kier alpha value is -1.92. The van der Waals surface area contributed by atoms with Gasteiger partial charge in [-0.2, -0.15) is 0 Å². The Bertz CT molecular complexity index is 359. The van der Waals surface area contributed by atoms with Gasteiger partial charge in [0.1, 0.15) is 0 Å². The number of rotatable bonds is 3. The molecule has 0 unspecified atom stereocenters. The van der Waals surface area contributed by atoms with Gasteiger partial charge in [0.2, 0.25) is 5.91 Å². The van der Waals surface area contributed by atoms with E-state index < -0.39 is 5.91 Å². The number of primary amides is 1. The first-order valence-electron chi connectivity index (χ1n) is 3.91. The fourth-order valence-corrected chi connectivity index (χ4v) is 0.946. The molecule has 0 atom stereocenters. The van der Waals surface area contributed by atoms with Crippen molar-refractivity contribution in [2.45, 2.75) is 0 Å². The smallest absolute Gasteiger partial charge is 0.276 e. The maximum absolute atomic E-state index is 11.5. The molecule has 1 heterocycles. The average Bonchev–Trinajstić information content (AvgIpc) is 2.49. The Labute approximate surface area is 80.5 Å². The first-order valence-corrected chi connectivity index (χ1v) is 3.91. The molecule has 14 heavy (non-hydrogen) atoms. The molecule has 0 saturated heterocycles. The van der Waals surface area contributed by atoms with E-state index in [1.54, 1.807) is 7.05 Å². The summed E-state index contributed by atoms with van der Waals surface area (Å²) in [6.07, 6.45) is 1.47. The summed E-state index contributed by atoms with van der Waals surface area (Å²) in [5, 5.41) is 7.22. The van der Waals surface area contributed by atoms with Crippen LogP contribution in [0.15, 0.2) is 6.20 Å². The predicted octanol–water partition coefficient (Wildman–Crippen LogP) is -1.63. The number of aryl methyl sites for hydroxylation is 1. The van der Waals surface area contributed by atoms with E-state index in [0.717, 1.165) is 0 Å². The SMILES string of the molecule is CN(CC(N)=O)C(=O)c1cn(C)nn1. The normalized spacial score (nSPS) is 9.86. The van der Waals surface area contributed by atoms with Crippen LogP contribution < -0.4 is 5.73 Å². The maximum Gasteiger partial charge on any atom is 0.276 e. The zero-order chi connectivity index (χ0) is 10.7. The Morgan fingerprint density at radius 1 is 1.64 bits per heavy atom. The van der Waals surface area contributed by atoms with Crippen LogP contribution in [0.3, 0.4) is 0 Å². The minimum atomic E-state index is -0.565. The molecule has 0 spiro atoms. The van der Waals surface area contributed by atoms with Crippen LogP contribution in [-0.4, -0.2) is 45.3 Å². The third-order valence-corrected chi connectivity index (χ3v) is 1.56. The fourth-order valence-electron chi connectivity index (χ4n) is 0.946. The van der Waals surface area contributed by atoms with Gasteiger partial charge in [-0.05, 0) is 0 Å². The van der Waals surface area contributed by atoms with Gasteiger partial charge in [-0.25, -0.2) is 0 Å². The van der Waals surface area contributed by atoms with Crippen molar-refractivity contribution in [3.05, 3.63) is 11.9 Å². The number of likely N-dealkylation sites (N-methyl/N-ethyl adjacent to an activating group) is 1. The van der Waals surface area contributed by atoms with E-state index in [1.165, 1.54) is 22.8 Å². The van der Waals surface area contributed by atoms with E-state index in [9.17, 15) is 9.59 Å². The number of aromatic nitrogens is 3. The zero-order valence-corrected chi connectivity index (χ0v) is 7.97. The molecule has 2 amide bonds. The maximum atomic E-state index is 11.5. The first-order chi connectivity index (χ1) is 6.50. The van der Waals surface area contributed by atoms with Gasteiger partial charge >= 0.3 is 0 Å². The molecule has 0 aliphatic carbocycles. The van der Waals surface area contributed by atoms with Crippen LogP contribution in [-0.2, 0) is 11.8 Å². The predicted molar refractivity (Wildman–Crippen MR) is 47.2 cm³/mol. The lowest BCUT2D eigenvalue weighted by molar-refractivity contribution is -0.118. The highest BCUT2D eigenvalue weighted by Crippen LogP contribution is 1.97. The molecule has 76 valence electrons. The third-order valence-electron chi connectivity index (χ3n) is 1.56. The van der Waals surface area contributed by atoms with E-state index in [-0.39, 0.29) is 18.1 Å². The van der Waals surface area contributed by atoms with Crippen LogP contribution >= 0.6 is 0 Å². The third kappa shape index (κ3) is 2.28. The molecule has 2 N–H and O–H groups in total. The van der Waals surface area contributed by atoms with E-state index in [4.69, 9.17) is 5.73 Å². The number of carbonyl (C=O) groups excluding carboxylic acids is 2. The number of nitrogens with zero attached hydrogens (tertiary/aromatic N) is 4. The van der Waals surface area contributed by atoms with Gasteiger partial charge in [-0.3, -0.25) is 14.3 Å². The Morgan fingerprint density at radius 2 is 2.29 bits per heavy atom. The summed E-state index contributed by atoms with van der Waals surface area (Å²) in [6.45, 7) is -0.130. The van der Waals surface area contributed by atoms with Crippen molar-refractivity contribution in [1.82, 2.24) is 19.9 Å². The molecule has 1 aromatic rings. The van der Waals surface area contributed by atoms with Crippen molar-refractivity contribution >= 4 is 11.8 Å². The zero-order valence-electron chi connectivity index (χ0n) is 7.97. The summed E-state index contributed by atoms with van der Waals surface area (Å²) in [5.41, 5.74) is 5.13. The van der Waals surface area contributed by atoms with Gasteiger partial charge in [-0.15, -0.1) is 5.10 Å². The largest absolute Gasteiger partial charge is 0.368 e. The molecule has 0 radical (unpaired) electrons. The summed E-state index contributed by atoms with van der Waals surface area (Å²) in [7, 11) is 3.12. The van der Waals surface area contributed by atoms with Crippen molar-refractivity contribution in [3.63, 3.8) is 0 Å². The second kappa shape index (κ2) is 3.86. The molecule has 0 aliphatic rings. The summed E-state index contributed by atoms with van der Waals surface area (Å²) < 4.78 is 1.41. The minimum Gasteiger partial charge on any atom is -0.368 e. The quantitative estimate of drug-likeness (QED) is 0.629. The van der Waals surface area contributed by atoms with Crippen LogP contribution in [0.25, 0.3) is 0 Å². The molecule has 0 aliphatic heterocycles. The molecule has 0 saturated carbocycles. The van der Waals surface area contributed by atoms with Gasteiger partial charge < -0.3 is 10.6 Å². The summed E-state index contributed by atoms with van der Waals surface area (Å²) in [5.74, 6) is -0.943. The molecular formula is C7H11N5O2.